The first-order valence-corrected chi connectivity index (χ1v) is 6.26. The van der Waals surface area contributed by atoms with Crippen molar-refractivity contribution in [3.05, 3.63) is 47.2 Å². The SMILES string of the molecule is C/C=C\C1=C(/C=C(\C)CC)C(C)(C)C=NC=C1. The Hall–Kier alpha value is -1.37. The highest BCUT2D eigenvalue weighted by Crippen LogP contribution is 2.32. The minimum atomic E-state index is -0.0191. The van der Waals surface area contributed by atoms with Crippen molar-refractivity contribution in [2.75, 3.05) is 0 Å². The quantitative estimate of drug-likeness (QED) is 0.656. The fourth-order valence-corrected chi connectivity index (χ4v) is 1.83. The molecule has 0 aromatic heterocycles. The molecule has 1 aliphatic rings. The van der Waals surface area contributed by atoms with Gasteiger partial charge in [-0.15, -0.1) is 0 Å². The highest BCUT2D eigenvalue weighted by Gasteiger charge is 2.22. The van der Waals surface area contributed by atoms with Crippen molar-refractivity contribution < 1.29 is 0 Å². The zero-order valence-electron chi connectivity index (χ0n) is 11.6. The van der Waals surface area contributed by atoms with Crippen LogP contribution in [0.25, 0.3) is 0 Å². The molecule has 0 unspecified atom stereocenters. The fraction of sp³-hybridized carbons (Fsp3) is 0.438. The van der Waals surface area contributed by atoms with Gasteiger partial charge >= 0.3 is 0 Å². The van der Waals surface area contributed by atoms with E-state index in [1.165, 1.54) is 16.7 Å². The first-order valence-electron chi connectivity index (χ1n) is 6.26. The van der Waals surface area contributed by atoms with Gasteiger partial charge in [0.2, 0.25) is 0 Å². The summed E-state index contributed by atoms with van der Waals surface area (Å²) in [5.41, 5.74) is 3.98. The molecule has 0 amide bonds. The van der Waals surface area contributed by atoms with Gasteiger partial charge in [0.25, 0.3) is 0 Å². The lowest BCUT2D eigenvalue weighted by Crippen LogP contribution is -2.16. The predicted molar refractivity (Wildman–Crippen MR) is 77.3 cm³/mol. The molecule has 0 fully saturated rings. The summed E-state index contributed by atoms with van der Waals surface area (Å²) in [6.45, 7) is 10.8. The number of allylic oxidation sites excluding steroid dienone is 7. The lowest BCUT2D eigenvalue weighted by molar-refractivity contribution is 0.656. The molecule has 92 valence electrons. The first kappa shape index (κ1) is 13.7. The van der Waals surface area contributed by atoms with Gasteiger partial charge in [-0.2, -0.15) is 0 Å². The molecule has 0 saturated carbocycles. The van der Waals surface area contributed by atoms with Crippen molar-refractivity contribution in [1.29, 1.82) is 0 Å². The third kappa shape index (κ3) is 3.55. The van der Waals surface area contributed by atoms with Gasteiger partial charge in [-0.05, 0) is 37.5 Å². The van der Waals surface area contributed by atoms with E-state index in [9.17, 15) is 0 Å². The van der Waals surface area contributed by atoms with Crippen LogP contribution in [0, 0.1) is 5.41 Å². The third-order valence-corrected chi connectivity index (χ3v) is 3.04. The number of hydrogen-bond acceptors (Lipinski definition) is 1. The predicted octanol–water partition coefficient (Wildman–Crippen LogP) is 4.84. The summed E-state index contributed by atoms with van der Waals surface area (Å²) in [5.74, 6) is 0. The standard InChI is InChI=1S/C16H23N/c1-6-8-14-9-10-17-12-16(4,5)15(14)11-13(3)7-2/h6,8-12H,7H2,1-5H3/b8-6-,13-11+. The fourth-order valence-electron chi connectivity index (χ4n) is 1.83. The first-order chi connectivity index (χ1) is 8.01. The second-order valence-electron chi connectivity index (χ2n) is 5.03. The smallest absolute Gasteiger partial charge is 0.0270 e. The van der Waals surface area contributed by atoms with Gasteiger partial charge in [0, 0.05) is 17.8 Å². The molecule has 0 spiro atoms. The monoisotopic (exact) mass is 229 g/mol. The summed E-state index contributed by atoms with van der Waals surface area (Å²) in [6, 6.07) is 0. The molecule has 1 heterocycles. The molecule has 1 nitrogen and oxygen atoms in total. The summed E-state index contributed by atoms with van der Waals surface area (Å²) >= 11 is 0. The number of hydrogen-bond donors (Lipinski definition) is 0. The number of rotatable bonds is 3. The minimum Gasteiger partial charge on any atom is -0.268 e. The van der Waals surface area contributed by atoms with Gasteiger partial charge in [0.05, 0.1) is 0 Å². The van der Waals surface area contributed by atoms with E-state index >= 15 is 0 Å². The maximum absolute atomic E-state index is 4.33. The van der Waals surface area contributed by atoms with Crippen molar-refractivity contribution in [3.8, 4) is 0 Å². The van der Waals surface area contributed by atoms with Gasteiger partial charge < -0.3 is 0 Å². The highest BCUT2D eigenvalue weighted by molar-refractivity contribution is 5.74. The molecule has 17 heavy (non-hydrogen) atoms. The zero-order chi connectivity index (χ0) is 12.9. The Morgan fingerprint density at radius 3 is 2.71 bits per heavy atom. The van der Waals surface area contributed by atoms with Gasteiger partial charge in [-0.3, -0.25) is 4.99 Å². The maximum Gasteiger partial charge on any atom is 0.0270 e. The molecule has 0 aliphatic carbocycles. The molecule has 0 aromatic carbocycles. The largest absolute Gasteiger partial charge is 0.268 e. The molecule has 1 heteroatoms. The van der Waals surface area contributed by atoms with E-state index in [0.717, 1.165) is 6.42 Å². The molecule has 0 radical (unpaired) electrons. The zero-order valence-corrected chi connectivity index (χ0v) is 11.6. The lowest BCUT2D eigenvalue weighted by atomic mass is 9.81. The Labute approximate surface area is 105 Å². The van der Waals surface area contributed by atoms with Gasteiger partial charge in [-0.1, -0.05) is 44.6 Å². The van der Waals surface area contributed by atoms with Crippen LogP contribution in [0.5, 0.6) is 0 Å². The molecule has 1 aliphatic heterocycles. The van der Waals surface area contributed by atoms with E-state index in [1.54, 1.807) is 0 Å². The summed E-state index contributed by atoms with van der Waals surface area (Å²) in [7, 11) is 0. The third-order valence-electron chi connectivity index (χ3n) is 3.04. The number of aliphatic imine (C=N–C) groups is 1. The molecule has 0 atom stereocenters. The molecular weight excluding hydrogens is 206 g/mol. The van der Waals surface area contributed by atoms with E-state index in [2.05, 4.69) is 57.0 Å². The van der Waals surface area contributed by atoms with E-state index in [4.69, 9.17) is 0 Å². The van der Waals surface area contributed by atoms with Crippen LogP contribution in [0.3, 0.4) is 0 Å². The normalized spacial score (nSPS) is 20.2. The van der Waals surface area contributed by atoms with Crippen LogP contribution in [0.15, 0.2) is 52.2 Å². The summed E-state index contributed by atoms with van der Waals surface area (Å²) in [4.78, 5) is 4.33. The van der Waals surface area contributed by atoms with Crippen LogP contribution in [-0.2, 0) is 0 Å². The Balaban J connectivity index is 3.36. The number of nitrogens with zero attached hydrogens (tertiary/aromatic N) is 1. The van der Waals surface area contributed by atoms with Crippen LogP contribution in [-0.4, -0.2) is 6.21 Å². The maximum atomic E-state index is 4.33. The highest BCUT2D eigenvalue weighted by atomic mass is 14.7. The summed E-state index contributed by atoms with van der Waals surface area (Å²) < 4.78 is 0. The topological polar surface area (TPSA) is 12.4 Å². The molecular formula is C16H23N. The lowest BCUT2D eigenvalue weighted by Gasteiger charge is -2.23. The van der Waals surface area contributed by atoms with Crippen LogP contribution in [0.4, 0.5) is 0 Å². The average molecular weight is 229 g/mol. The Kier molecular flexibility index (Phi) is 4.68. The van der Waals surface area contributed by atoms with Gasteiger partial charge in [0.15, 0.2) is 0 Å². The second kappa shape index (κ2) is 5.81. The molecule has 0 bridgehead atoms. The van der Waals surface area contributed by atoms with Crippen LogP contribution in [0.1, 0.15) is 41.0 Å². The minimum absolute atomic E-state index is 0.0191. The van der Waals surface area contributed by atoms with Crippen LogP contribution in [0.2, 0.25) is 0 Å². The van der Waals surface area contributed by atoms with Gasteiger partial charge in [0.1, 0.15) is 0 Å². The summed E-state index contributed by atoms with van der Waals surface area (Å²) in [5, 5.41) is 0. The Morgan fingerprint density at radius 2 is 2.12 bits per heavy atom. The molecule has 0 aromatic rings. The van der Waals surface area contributed by atoms with Gasteiger partial charge in [-0.25, -0.2) is 0 Å². The average Bonchev–Trinajstić information content (AvgIpc) is 2.41. The van der Waals surface area contributed by atoms with E-state index < -0.39 is 0 Å². The van der Waals surface area contributed by atoms with Crippen LogP contribution >= 0.6 is 0 Å². The Bertz CT molecular complexity index is 415. The van der Waals surface area contributed by atoms with Crippen LogP contribution < -0.4 is 0 Å². The summed E-state index contributed by atoms with van der Waals surface area (Å²) in [6.07, 6.45) is 13.6. The molecule has 0 N–H and O–H groups in total. The Morgan fingerprint density at radius 1 is 1.41 bits per heavy atom. The van der Waals surface area contributed by atoms with E-state index in [0.29, 0.717) is 0 Å². The van der Waals surface area contributed by atoms with E-state index in [-0.39, 0.29) is 5.41 Å². The van der Waals surface area contributed by atoms with Crippen molar-refractivity contribution in [1.82, 2.24) is 0 Å². The van der Waals surface area contributed by atoms with Crippen molar-refractivity contribution >= 4 is 6.21 Å². The van der Waals surface area contributed by atoms with Crippen molar-refractivity contribution in [2.24, 2.45) is 10.4 Å². The van der Waals surface area contributed by atoms with E-state index in [1.807, 2.05) is 19.3 Å². The molecule has 0 saturated heterocycles. The second-order valence-corrected chi connectivity index (χ2v) is 5.03. The van der Waals surface area contributed by atoms with Crippen molar-refractivity contribution in [2.45, 2.75) is 41.0 Å². The van der Waals surface area contributed by atoms with Crippen molar-refractivity contribution in [3.63, 3.8) is 0 Å². The molecule has 1 rings (SSSR count).